The van der Waals surface area contributed by atoms with Crippen LogP contribution in [0.15, 0.2) is 11.6 Å². The fourth-order valence-electron chi connectivity index (χ4n) is 2.25. The molecule has 2 atom stereocenters. The van der Waals surface area contributed by atoms with Crippen LogP contribution in [0.1, 0.15) is 20.3 Å². The highest BCUT2D eigenvalue weighted by Gasteiger charge is 2.31. The molecule has 1 saturated heterocycles. The highest BCUT2D eigenvalue weighted by molar-refractivity contribution is 5.18. The van der Waals surface area contributed by atoms with E-state index in [1.54, 1.807) is 5.57 Å². The van der Waals surface area contributed by atoms with Gasteiger partial charge in [-0.05, 0) is 30.7 Å². The van der Waals surface area contributed by atoms with Crippen molar-refractivity contribution < 1.29 is 0 Å². The van der Waals surface area contributed by atoms with Gasteiger partial charge in [0.25, 0.3) is 0 Å². The molecule has 2 rings (SSSR count). The van der Waals surface area contributed by atoms with Gasteiger partial charge in [0, 0.05) is 6.54 Å². The first-order valence-electron chi connectivity index (χ1n) is 4.68. The van der Waals surface area contributed by atoms with E-state index in [-0.39, 0.29) is 0 Å². The van der Waals surface area contributed by atoms with Gasteiger partial charge in [0.2, 0.25) is 0 Å². The molecular weight excluding hydrogens is 134 g/mol. The normalized spacial score (nSPS) is 36.1. The fourth-order valence-corrected chi connectivity index (χ4v) is 2.25. The number of fused-ring (bicyclic) bond motifs is 1. The molecule has 0 unspecified atom stereocenters. The van der Waals surface area contributed by atoms with Gasteiger partial charge in [-0.2, -0.15) is 0 Å². The van der Waals surface area contributed by atoms with Gasteiger partial charge in [0.15, 0.2) is 0 Å². The standard InChI is InChI=1S/C10H17N/c1-7(2)8-3-9-5-11-6-10(9)4-8/h3,7,9-11H,4-6H2,1-2H3/t9-,10+/m0/s1. The number of hydrogen-bond acceptors (Lipinski definition) is 1. The molecule has 62 valence electrons. The van der Waals surface area contributed by atoms with E-state index in [0.717, 1.165) is 17.8 Å². The first kappa shape index (κ1) is 7.35. The molecule has 2 aliphatic rings. The topological polar surface area (TPSA) is 12.0 Å². The molecule has 0 spiro atoms. The van der Waals surface area contributed by atoms with E-state index >= 15 is 0 Å². The Bertz CT molecular complexity index is 181. The second kappa shape index (κ2) is 2.63. The number of nitrogens with one attached hydrogen (secondary N) is 1. The van der Waals surface area contributed by atoms with E-state index in [0.29, 0.717) is 0 Å². The van der Waals surface area contributed by atoms with Crippen LogP contribution in [-0.4, -0.2) is 13.1 Å². The number of allylic oxidation sites excluding steroid dienone is 1. The van der Waals surface area contributed by atoms with Crippen LogP contribution in [0.25, 0.3) is 0 Å². The summed E-state index contributed by atoms with van der Waals surface area (Å²) in [5.41, 5.74) is 1.70. The van der Waals surface area contributed by atoms with Gasteiger partial charge in [0.1, 0.15) is 0 Å². The van der Waals surface area contributed by atoms with Gasteiger partial charge in [-0.3, -0.25) is 0 Å². The zero-order valence-electron chi connectivity index (χ0n) is 7.43. The smallest absolute Gasteiger partial charge is 0.00176 e. The van der Waals surface area contributed by atoms with Crippen molar-refractivity contribution in [2.45, 2.75) is 20.3 Å². The summed E-state index contributed by atoms with van der Waals surface area (Å²) in [6.45, 7) is 7.08. The lowest BCUT2D eigenvalue weighted by Gasteiger charge is -2.08. The van der Waals surface area contributed by atoms with E-state index in [2.05, 4.69) is 25.2 Å². The third-order valence-corrected chi connectivity index (χ3v) is 3.06. The lowest BCUT2D eigenvalue weighted by atomic mass is 9.97. The Kier molecular flexibility index (Phi) is 1.76. The lowest BCUT2D eigenvalue weighted by molar-refractivity contribution is 0.518. The van der Waals surface area contributed by atoms with Crippen molar-refractivity contribution >= 4 is 0 Å². The average Bonchev–Trinajstić information content (AvgIpc) is 2.40. The molecule has 0 bridgehead atoms. The summed E-state index contributed by atoms with van der Waals surface area (Å²) in [7, 11) is 0. The molecule has 1 N–H and O–H groups in total. The molecule has 1 heteroatoms. The zero-order valence-corrected chi connectivity index (χ0v) is 7.43. The Hall–Kier alpha value is -0.300. The van der Waals surface area contributed by atoms with Gasteiger partial charge in [-0.1, -0.05) is 25.5 Å². The second-order valence-electron chi connectivity index (χ2n) is 4.18. The minimum absolute atomic E-state index is 0.778. The van der Waals surface area contributed by atoms with E-state index in [4.69, 9.17) is 0 Å². The molecule has 1 fully saturated rings. The Balaban J connectivity index is 2.07. The summed E-state index contributed by atoms with van der Waals surface area (Å²) in [4.78, 5) is 0. The van der Waals surface area contributed by atoms with Crippen LogP contribution in [-0.2, 0) is 0 Å². The van der Waals surface area contributed by atoms with E-state index in [9.17, 15) is 0 Å². The summed E-state index contributed by atoms with van der Waals surface area (Å²) in [5.74, 6) is 2.58. The summed E-state index contributed by atoms with van der Waals surface area (Å²) >= 11 is 0. The summed E-state index contributed by atoms with van der Waals surface area (Å²) in [6.07, 6.45) is 3.87. The van der Waals surface area contributed by atoms with Crippen molar-refractivity contribution in [3.8, 4) is 0 Å². The predicted molar refractivity (Wildman–Crippen MR) is 47.4 cm³/mol. The molecule has 1 aliphatic heterocycles. The van der Waals surface area contributed by atoms with E-state index < -0.39 is 0 Å². The molecule has 0 radical (unpaired) electrons. The average molecular weight is 151 g/mol. The maximum absolute atomic E-state index is 3.44. The Morgan fingerprint density at radius 2 is 2.27 bits per heavy atom. The Morgan fingerprint density at radius 1 is 1.45 bits per heavy atom. The van der Waals surface area contributed by atoms with Crippen molar-refractivity contribution in [3.63, 3.8) is 0 Å². The van der Waals surface area contributed by atoms with E-state index in [1.807, 2.05) is 0 Å². The minimum atomic E-state index is 0.778. The van der Waals surface area contributed by atoms with Crippen molar-refractivity contribution in [2.24, 2.45) is 17.8 Å². The van der Waals surface area contributed by atoms with E-state index in [1.165, 1.54) is 19.5 Å². The van der Waals surface area contributed by atoms with Crippen molar-refractivity contribution in [1.29, 1.82) is 0 Å². The number of rotatable bonds is 1. The van der Waals surface area contributed by atoms with Crippen molar-refractivity contribution in [2.75, 3.05) is 13.1 Å². The third-order valence-electron chi connectivity index (χ3n) is 3.06. The quantitative estimate of drug-likeness (QED) is 0.564. The third kappa shape index (κ3) is 1.22. The fraction of sp³-hybridized carbons (Fsp3) is 0.800. The molecule has 0 aromatic carbocycles. The van der Waals surface area contributed by atoms with Crippen LogP contribution in [0.5, 0.6) is 0 Å². The molecule has 1 heterocycles. The zero-order chi connectivity index (χ0) is 7.84. The highest BCUT2D eigenvalue weighted by Crippen LogP contribution is 2.36. The van der Waals surface area contributed by atoms with Crippen LogP contribution in [0.4, 0.5) is 0 Å². The summed E-state index contributed by atoms with van der Waals surface area (Å²) in [6, 6.07) is 0. The molecule has 0 aromatic heterocycles. The van der Waals surface area contributed by atoms with Crippen LogP contribution < -0.4 is 5.32 Å². The largest absolute Gasteiger partial charge is 0.316 e. The molecule has 1 aliphatic carbocycles. The van der Waals surface area contributed by atoms with Crippen LogP contribution in [0, 0.1) is 17.8 Å². The van der Waals surface area contributed by atoms with Crippen LogP contribution in [0.2, 0.25) is 0 Å². The van der Waals surface area contributed by atoms with Gasteiger partial charge in [0.05, 0.1) is 0 Å². The highest BCUT2D eigenvalue weighted by atomic mass is 14.9. The van der Waals surface area contributed by atoms with Gasteiger partial charge < -0.3 is 5.32 Å². The van der Waals surface area contributed by atoms with Gasteiger partial charge in [-0.25, -0.2) is 0 Å². The van der Waals surface area contributed by atoms with Crippen LogP contribution >= 0.6 is 0 Å². The maximum Gasteiger partial charge on any atom is 0.00176 e. The number of hydrogen-bond donors (Lipinski definition) is 1. The molecule has 0 saturated carbocycles. The second-order valence-corrected chi connectivity index (χ2v) is 4.18. The first-order valence-corrected chi connectivity index (χ1v) is 4.68. The Morgan fingerprint density at radius 3 is 2.91 bits per heavy atom. The maximum atomic E-state index is 3.44. The first-order chi connectivity index (χ1) is 5.27. The predicted octanol–water partition coefficient (Wildman–Crippen LogP) is 1.81. The molecule has 0 aromatic rings. The van der Waals surface area contributed by atoms with Gasteiger partial charge in [-0.15, -0.1) is 0 Å². The van der Waals surface area contributed by atoms with Crippen molar-refractivity contribution in [1.82, 2.24) is 5.32 Å². The summed E-state index contributed by atoms with van der Waals surface area (Å²) < 4.78 is 0. The molecular formula is C10H17N. The minimum Gasteiger partial charge on any atom is -0.316 e. The SMILES string of the molecule is CC(C)C1=C[C@H]2CNC[C@H]2C1. The monoisotopic (exact) mass is 151 g/mol. The van der Waals surface area contributed by atoms with Gasteiger partial charge >= 0.3 is 0 Å². The lowest BCUT2D eigenvalue weighted by Crippen LogP contribution is -2.10. The Labute approximate surface area is 68.9 Å². The summed E-state index contributed by atoms with van der Waals surface area (Å²) in [5, 5.41) is 3.44. The molecule has 11 heavy (non-hydrogen) atoms. The van der Waals surface area contributed by atoms with Crippen molar-refractivity contribution in [3.05, 3.63) is 11.6 Å². The molecule has 1 nitrogen and oxygen atoms in total. The van der Waals surface area contributed by atoms with Crippen LogP contribution in [0.3, 0.4) is 0 Å². The molecule has 0 amide bonds.